The van der Waals surface area contributed by atoms with Gasteiger partial charge in [-0.15, -0.1) is 0 Å². The second kappa shape index (κ2) is 6.98. The maximum atomic E-state index is 12.1. The molecule has 0 spiro atoms. The van der Waals surface area contributed by atoms with Crippen LogP contribution in [0.15, 0.2) is 29.4 Å². The van der Waals surface area contributed by atoms with E-state index < -0.39 is 0 Å². The Morgan fingerprint density at radius 3 is 2.71 bits per heavy atom. The van der Waals surface area contributed by atoms with Crippen molar-refractivity contribution in [2.45, 2.75) is 44.6 Å². The SMILES string of the molecule is CCn1c(SC(C)C(=O)NCC(C)C)nc2ccccc21. The monoisotopic (exact) mass is 305 g/mol. The maximum absolute atomic E-state index is 12.1. The number of nitrogens with zero attached hydrogens (tertiary/aromatic N) is 2. The van der Waals surface area contributed by atoms with Crippen molar-refractivity contribution < 1.29 is 4.79 Å². The molecular formula is C16H23N3OS. The number of fused-ring (bicyclic) bond motifs is 1. The quantitative estimate of drug-likeness (QED) is 0.833. The second-order valence-corrected chi connectivity index (χ2v) is 6.83. The summed E-state index contributed by atoms with van der Waals surface area (Å²) in [4.78, 5) is 16.7. The molecule has 4 nitrogen and oxygen atoms in total. The largest absolute Gasteiger partial charge is 0.355 e. The van der Waals surface area contributed by atoms with E-state index in [1.165, 1.54) is 11.8 Å². The Kier molecular flexibility index (Phi) is 5.28. The van der Waals surface area contributed by atoms with Gasteiger partial charge in [0.1, 0.15) is 0 Å². The Bertz CT molecular complexity index is 621. The highest BCUT2D eigenvalue weighted by Gasteiger charge is 2.18. The van der Waals surface area contributed by atoms with E-state index in [9.17, 15) is 4.79 Å². The summed E-state index contributed by atoms with van der Waals surface area (Å²) in [5.74, 6) is 0.537. The van der Waals surface area contributed by atoms with Crippen molar-refractivity contribution in [3.63, 3.8) is 0 Å². The Morgan fingerprint density at radius 1 is 1.33 bits per heavy atom. The zero-order chi connectivity index (χ0) is 15.4. The normalized spacial score (nSPS) is 12.8. The number of carbonyl (C=O) groups is 1. The van der Waals surface area contributed by atoms with Crippen LogP contribution in [0.5, 0.6) is 0 Å². The Labute approximate surface area is 130 Å². The van der Waals surface area contributed by atoms with Crippen LogP contribution in [0.4, 0.5) is 0 Å². The first-order valence-electron chi connectivity index (χ1n) is 7.42. The first-order chi connectivity index (χ1) is 10.0. The van der Waals surface area contributed by atoms with Gasteiger partial charge in [0.15, 0.2) is 5.16 Å². The zero-order valence-corrected chi connectivity index (χ0v) is 13.9. The van der Waals surface area contributed by atoms with Crippen LogP contribution in [0.3, 0.4) is 0 Å². The van der Waals surface area contributed by atoms with Gasteiger partial charge in [-0.3, -0.25) is 4.79 Å². The number of aryl methyl sites for hydroxylation is 1. The van der Waals surface area contributed by atoms with Crippen LogP contribution >= 0.6 is 11.8 Å². The van der Waals surface area contributed by atoms with Crippen molar-refractivity contribution in [3.8, 4) is 0 Å². The number of para-hydroxylation sites is 2. The Hall–Kier alpha value is -1.49. The van der Waals surface area contributed by atoms with E-state index in [4.69, 9.17) is 0 Å². The third kappa shape index (κ3) is 3.79. The van der Waals surface area contributed by atoms with Gasteiger partial charge < -0.3 is 9.88 Å². The number of amides is 1. The van der Waals surface area contributed by atoms with E-state index in [1.54, 1.807) is 0 Å². The Balaban J connectivity index is 2.13. The van der Waals surface area contributed by atoms with Crippen molar-refractivity contribution in [3.05, 3.63) is 24.3 Å². The first-order valence-corrected chi connectivity index (χ1v) is 8.30. The van der Waals surface area contributed by atoms with Crippen molar-refractivity contribution in [1.29, 1.82) is 0 Å². The van der Waals surface area contributed by atoms with Crippen LogP contribution in [0, 0.1) is 5.92 Å². The highest BCUT2D eigenvalue weighted by atomic mass is 32.2. The highest BCUT2D eigenvalue weighted by molar-refractivity contribution is 8.00. The molecule has 2 rings (SSSR count). The molecule has 1 aromatic heterocycles. The average molecular weight is 305 g/mol. The van der Waals surface area contributed by atoms with Crippen molar-refractivity contribution in [1.82, 2.24) is 14.9 Å². The van der Waals surface area contributed by atoms with Crippen LogP contribution in [-0.2, 0) is 11.3 Å². The number of carbonyl (C=O) groups excluding carboxylic acids is 1. The van der Waals surface area contributed by atoms with Crippen molar-refractivity contribution in [2.75, 3.05) is 6.54 Å². The minimum absolute atomic E-state index is 0.0726. The molecule has 0 bridgehead atoms. The number of thioether (sulfide) groups is 1. The fourth-order valence-electron chi connectivity index (χ4n) is 2.11. The van der Waals surface area contributed by atoms with E-state index in [1.807, 2.05) is 25.1 Å². The zero-order valence-electron chi connectivity index (χ0n) is 13.1. The van der Waals surface area contributed by atoms with Gasteiger partial charge in [-0.2, -0.15) is 0 Å². The number of hydrogen-bond acceptors (Lipinski definition) is 3. The summed E-state index contributed by atoms with van der Waals surface area (Å²) in [6.07, 6.45) is 0. The van der Waals surface area contributed by atoms with Gasteiger partial charge in [0.2, 0.25) is 5.91 Å². The van der Waals surface area contributed by atoms with Crippen LogP contribution in [0.2, 0.25) is 0 Å². The lowest BCUT2D eigenvalue weighted by Crippen LogP contribution is -2.33. The molecule has 0 saturated carbocycles. The van der Waals surface area contributed by atoms with Gasteiger partial charge in [-0.05, 0) is 31.9 Å². The van der Waals surface area contributed by atoms with Gasteiger partial charge in [0.05, 0.1) is 16.3 Å². The van der Waals surface area contributed by atoms with Crippen LogP contribution < -0.4 is 5.32 Å². The first kappa shape index (κ1) is 15.9. The fraction of sp³-hybridized carbons (Fsp3) is 0.500. The number of hydrogen-bond donors (Lipinski definition) is 1. The molecule has 0 aliphatic heterocycles. The van der Waals surface area contributed by atoms with Gasteiger partial charge in [0, 0.05) is 13.1 Å². The molecule has 114 valence electrons. The van der Waals surface area contributed by atoms with Gasteiger partial charge in [-0.1, -0.05) is 37.7 Å². The molecule has 1 unspecified atom stereocenters. The topological polar surface area (TPSA) is 46.9 Å². The van der Waals surface area contributed by atoms with Crippen LogP contribution in [0.25, 0.3) is 11.0 Å². The molecule has 0 aliphatic rings. The highest BCUT2D eigenvalue weighted by Crippen LogP contribution is 2.27. The third-order valence-corrected chi connectivity index (χ3v) is 4.36. The van der Waals surface area contributed by atoms with E-state index in [0.29, 0.717) is 12.5 Å². The van der Waals surface area contributed by atoms with E-state index in [-0.39, 0.29) is 11.2 Å². The molecular weight excluding hydrogens is 282 g/mol. The number of benzene rings is 1. The average Bonchev–Trinajstić information content (AvgIpc) is 2.81. The molecule has 1 N–H and O–H groups in total. The second-order valence-electron chi connectivity index (χ2n) is 5.53. The van der Waals surface area contributed by atoms with Gasteiger partial charge in [-0.25, -0.2) is 4.98 Å². The summed E-state index contributed by atoms with van der Waals surface area (Å²) in [6.45, 7) is 9.78. The molecule has 5 heteroatoms. The molecule has 0 radical (unpaired) electrons. The number of imidazole rings is 1. The van der Waals surface area contributed by atoms with Crippen molar-refractivity contribution >= 4 is 28.7 Å². The molecule has 1 amide bonds. The maximum Gasteiger partial charge on any atom is 0.233 e. The minimum atomic E-state index is -0.147. The molecule has 2 aromatic rings. The lowest BCUT2D eigenvalue weighted by Gasteiger charge is -2.13. The van der Waals surface area contributed by atoms with Crippen LogP contribution in [0.1, 0.15) is 27.7 Å². The third-order valence-electron chi connectivity index (χ3n) is 3.27. The molecule has 0 aliphatic carbocycles. The summed E-state index contributed by atoms with van der Waals surface area (Å²) >= 11 is 1.52. The smallest absolute Gasteiger partial charge is 0.233 e. The summed E-state index contributed by atoms with van der Waals surface area (Å²) in [5.41, 5.74) is 2.11. The number of nitrogens with one attached hydrogen (secondary N) is 1. The molecule has 0 saturated heterocycles. The van der Waals surface area contributed by atoms with Gasteiger partial charge >= 0.3 is 0 Å². The van der Waals surface area contributed by atoms with E-state index >= 15 is 0 Å². The minimum Gasteiger partial charge on any atom is -0.355 e. The Morgan fingerprint density at radius 2 is 2.05 bits per heavy atom. The number of aromatic nitrogens is 2. The van der Waals surface area contributed by atoms with Gasteiger partial charge in [0.25, 0.3) is 0 Å². The molecule has 1 atom stereocenters. The summed E-state index contributed by atoms with van der Waals surface area (Å²) in [6, 6.07) is 8.08. The summed E-state index contributed by atoms with van der Waals surface area (Å²) in [7, 11) is 0. The predicted octanol–water partition coefficient (Wildman–Crippen LogP) is 3.31. The number of rotatable bonds is 6. The molecule has 0 fully saturated rings. The van der Waals surface area contributed by atoms with Crippen LogP contribution in [-0.4, -0.2) is 27.3 Å². The lowest BCUT2D eigenvalue weighted by atomic mass is 10.2. The molecule has 1 heterocycles. The predicted molar refractivity (Wildman–Crippen MR) is 88.6 cm³/mol. The summed E-state index contributed by atoms with van der Waals surface area (Å²) in [5, 5.41) is 3.74. The standard InChI is InChI=1S/C16H23N3OS/c1-5-19-14-9-7-6-8-13(14)18-16(19)21-12(4)15(20)17-10-11(2)3/h6-9,11-12H,5,10H2,1-4H3,(H,17,20). The van der Waals surface area contributed by atoms with E-state index in [0.717, 1.165) is 22.7 Å². The summed E-state index contributed by atoms with van der Waals surface area (Å²) < 4.78 is 2.16. The fourth-order valence-corrected chi connectivity index (χ4v) is 3.12. The van der Waals surface area contributed by atoms with Crippen molar-refractivity contribution in [2.24, 2.45) is 5.92 Å². The lowest BCUT2D eigenvalue weighted by molar-refractivity contribution is -0.120. The molecule has 21 heavy (non-hydrogen) atoms. The van der Waals surface area contributed by atoms with E-state index in [2.05, 4.69) is 41.7 Å². The molecule has 1 aromatic carbocycles.